The summed E-state index contributed by atoms with van der Waals surface area (Å²) in [5.74, 6) is 0.833. The minimum Gasteiger partial charge on any atom is -0.494 e. The van der Waals surface area contributed by atoms with Crippen LogP contribution in [-0.2, 0) is 9.84 Å². The quantitative estimate of drug-likeness (QED) is 0.731. The van der Waals surface area contributed by atoms with E-state index in [1.54, 1.807) is 32.0 Å². The first kappa shape index (κ1) is 20.3. The molecule has 1 heterocycles. The third kappa shape index (κ3) is 4.05. The molecular formula is C16H19ClN2O5S2. The molecule has 10 heteroatoms. The molecule has 0 unspecified atom stereocenters. The van der Waals surface area contributed by atoms with Crippen LogP contribution in [0, 0.1) is 0 Å². The van der Waals surface area contributed by atoms with Gasteiger partial charge in [-0.3, -0.25) is 5.32 Å². The van der Waals surface area contributed by atoms with Crippen LogP contribution >= 0.6 is 22.9 Å². The number of anilines is 2. The van der Waals surface area contributed by atoms with Gasteiger partial charge < -0.3 is 14.8 Å². The number of thiophene rings is 1. The third-order valence-electron chi connectivity index (χ3n) is 3.52. The number of carbonyl (C=O) groups excluding carboxylic acids is 1. The van der Waals surface area contributed by atoms with Gasteiger partial charge in [-0.2, -0.15) is 0 Å². The fourth-order valence-corrected chi connectivity index (χ4v) is 5.02. The fraction of sp³-hybridized carbons (Fsp3) is 0.312. The SMILES string of the molecule is COc1cccc(OC)c1NC(=O)Nc1scc(S(=O)(=O)C(C)C)c1Cl. The highest BCUT2D eigenvalue weighted by Gasteiger charge is 2.26. The van der Waals surface area contributed by atoms with Gasteiger partial charge in [-0.1, -0.05) is 17.7 Å². The average molecular weight is 419 g/mol. The number of sulfone groups is 1. The number of benzene rings is 1. The van der Waals surface area contributed by atoms with Gasteiger partial charge in [-0.05, 0) is 26.0 Å². The zero-order chi connectivity index (χ0) is 19.5. The number of urea groups is 1. The van der Waals surface area contributed by atoms with Crippen molar-refractivity contribution in [2.75, 3.05) is 24.9 Å². The maximum Gasteiger partial charge on any atom is 0.324 e. The lowest BCUT2D eigenvalue weighted by atomic mass is 10.2. The van der Waals surface area contributed by atoms with Crippen molar-refractivity contribution >= 4 is 49.5 Å². The van der Waals surface area contributed by atoms with Gasteiger partial charge >= 0.3 is 6.03 Å². The highest BCUT2D eigenvalue weighted by molar-refractivity contribution is 7.92. The van der Waals surface area contributed by atoms with Crippen LogP contribution in [0.25, 0.3) is 0 Å². The lowest BCUT2D eigenvalue weighted by molar-refractivity contribution is 0.262. The van der Waals surface area contributed by atoms with E-state index in [9.17, 15) is 13.2 Å². The van der Waals surface area contributed by atoms with Gasteiger partial charge in [0.1, 0.15) is 22.2 Å². The summed E-state index contributed by atoms with van der Waals surface area (Å²) in [6.45, 7) is 3.13. The number of nitrogens with one attached hydrogen (secondary N) is 2. The van der Waals surface area contributed by atoms with E-state index in [1.165, 1.54) is 19.6 Å². The molecule has 1 aromatic carbocycles. The zero-order valence-electron chi connectivity index (χ0n) is 14.6. The van der Waals surface area contributed by atoms with Crippen LogP contribution in [0.5, 0.6) is 11.5 Å². The van der Waals surface area contributed by atoms with Crippen LogP contribution in [0.1, 0.15) is 13.8 Å². The summed E-state index contributed by atoms with van der Waals surface area (Å²) in [4.78, 5) is 12.3. The van der Waals surface area contributed by atoms with Crippen LogP contribution in [0.15, 0.2) is 28.5 Å². The Bertz CT molecular complexity index is 887. The number of hydrogen-bond donors (Lipinski definition) is 2. The molecule has 0 atom stereocenters. The lowest BCUT2D eigenvalue weighted by Gasteiger charge is -2.14. The Morgan fingerprint density at radius 1 is 1.15 bits per heavy atom. The van der Waals surface area contributed by atoms with Gasteiger partial charge in [-0.25, -0.2) is 13.2 Å². The first-order valence-corrected chi connectivity index (χ1v) is 10.3. The molecule has 1 aromatic heterocycles. The van der Waals surface area contributed by atoms with E-state index in [0.717, 1.165) is 11.3 Å². The Morgan fingerprint density at radius 2 is 1.73 bits per heavy atom. The molecule has 0 fully saturated rings. The zero-order valence-corrected chi connectivity index (χ0v) is 17.0. The molecule has 0 bridgehead atoms. The highest BCUT2D eigenvalue weighted by Crippen LogP contribution is 2.38. The van der Waals surface area contributed by atoms with Gasteiger partial charge in [0.25, 0.3) is 0 Å². The molecule has 2 amide bonds. The topological polar surface area (TPSA) is 93.7 Å². The summed E-state index contributed by atoms with van der Waals surface area (Å²) in [5.41, 5.74) is 0.345. The monoisotopic (exact) mass is 418 g/mol. The number of methoxy groups -OCH3 is 2. The molecule has 142 valence electrons. The molecular weight excluding hydrogens is 400 g/mol. The van der Waals surface area contributed by atoms with Crippen LogP contribution in [-0.4, -0.2) is 33.9 Å². The Balaban J connectivity index is 2.24. The van der Waals surface area contributed by atoms with Crippen molar-refractivity contribution in [1.82, 2.24) is 0 Å². The third-order valence-corrected chi connectivity index (χ3v) is 7.36. The second kappa shape index (κ2) is 8.15. The summed E-state index contributed by atoms with van der Waals surface area (Å²) in [7, 11) is -0.597. The van der Waals surface area contributed by atoms with Crippen LogP contribution in [0.4, 0.5) is 15.5 Å². The average Bonchev–Trinajstić information content (AvgIpc) is 2.96. The van der Waals surface area contributed by atoms with Crippen molar-refractivity contribution in [3.8, 4) is 11.5 Å². The second-order valence-electron chi connectivity index (χ2n) is 5.45. The van der Waals surface area contributed by atoms with E-state index in [4.69, 9.17) is 21.1 Å². The van der Waals surface area contributed by atoms with Gasteiger partial charge in [0.05, 0.1) is 29.4 Å². The van der Waals surface area contributed by atoms with Crippen LogP contribution in [0.2, 0.25) is 5.02 Å². The molecule has 0 aliphatic carbocycles. The normalized spacial score (nSPS) is 11.3. The van der Waals surface area contributed by atoms with Gasteiger partial charge in [-0.15, -0.1) is 11.3 Å². The Morgan fingerprint density at radius 3 is 2.23 bits per heavy atom. The summed E-state index contributed by atoms with van der Waals surface area (Å²) in [5, 5.41) is 6.20. The highest BCUT2D eigenvalue weighted by atomic mass is 35.5. The van der Waals surface area contributed by atoms with Gasteiger partial charge in [0, 0.05) is 5.38 Å². The van der Waals surface area contributed by atoms with Crippen molar-refractivity contribution in [2.24, 2.45) is 0 Å². The molecule has 2 rings (SSSR count). The van der Waals surface area contributed by atoms with Crippen LogP contribution < -0.4 is 20.1 Å². The predicted octanol–water partition coefficient (Wildman–Crippen LogP) is 4.24. The second-order valence-corrected chi connectivity index (χ2v) is 9.18. The molecule has 26 heavy (non-hydrogen) atoms. The first-order valence-electron chi connectivity index (χ1n) is 7.52. The van der Waals surface area contributed by atoms with E-state index >= 15 is 0 Å². The van der Waals surface area contributed by atoms with Gasteiger partial charge in [0.2, 0.25) is 0 Å². The van der Waals surface area contributed by atoms with Crippen molar-refractivity contribution in [1.29, 1.82) is 0 Å². The number of halogens is 1. The fourth-order valence-electron chi connectivity index (χ4n) is 2.08. The molecule has 0 aliphatic heterocycles. The van der Waals surface area contributed by atoms with Gasteiger partial charge in [0.15, 0.2) is 9.84 Å². The molecule has 0 aliphatic rings. The lowest BCUT2D eigenvalue weighted by Crippen LogP contribution is -2.20. The predicted molar refractivity (Wildman–Crippen MR) is 104 cm³/mol. The molecule has 2 aromatic rings. The number of rotatable bonds is 6. The summed E-state index contributed by atoms with van der Waals surface area (Å²) < 4.78 is 35.0. The summed E-state index contributed by atoms with van der Waals surface area (Å²) in [6.07, 6.45) is 0. The van der Waals surface area contributed by atoms with Crippen LogP contribution in [0.3, 0.4) is 0 Å². The van der Waals surface area contributed by atoms with Crippen molar-refractivity contribution in [2.45, 2.75) is 24.0 Å². The Kier molecular flexibility index (Phi) is 6.38. The number of para-hydroxylation sites is 1. The largest absolute Gasteiger partial charge is 0.494 e. The number of ether oxygens (including phenoxy) is 2. The smallest absolute Gasteiger partial charge is 0.324 e. The van der Waals surface area contributed by atoms with Crippen molar-refractivity contribution in [3.05, 3.63) is 28.6 Å². The molecule has 0 radical (unpaired) electrons. The number of hydrogen-bond acceptors (Lipinski definition) is 6. The molecule has 0 saturated carbocycles. The molecule has 0 spiro atoms. The summed E-state index contributed by atoms with van der Waals surface area (Å²) in [6, 6.07) is 4.46. The Hall–Kier alpha value is -1.97. The summed E-state index contributed by atoms with van der Waals surface area (Å²) >= 11 is 7.19. The number of amides is 2. The number of carbonyl (C=O) groups is 1. The standard InChI is InChI=1S/C16H19ClN2O5S2/c1-9(2)26(21,22)12-8-25-15(13(12)17)19-16(20)18-14-10(23-3)6-5-7-11(14)24-4/h5-9H,1-4H3,(H2,18,19,20). The molecule has 7 nitrogen and oxygen atoms in total. The van der Waals surface area contributed by atoms with Crippen molar-refractivity contribution < 1.29 is 22.7 Å². The Labute approximate surface area is 161 Å². The van der Waals surface area contributed by atoms with E-state index in [2.05, 4.69) is 10.6 Å². The maximum absolute atomic E-state index is 12.3. The maximum atomic E-state index is 12.3. The first-order chi connectivity index (χ1) is 12.2. The molecule has 0 saturated heterocycles. The van der Waals surface area contributed by atoms with E-state index in [0.29, 0.717) is 17.2 Å². The minimum atomic E-state index is -3.54. The van der Waals surface area contributed by atoms with E-state index in [-0.39, 0.29) is 14.9 Å². The minimum absolute atomic E-state index is 0.00402. The van der Waals surface area contributed by atoms with E-state index in [1.807, 2.05) is 0 Å². The van der Waals surface area contributed by atoms with Crippen molar-refractivity contribution in [3.63, 3.8) is 0 Å². The molecule has 2 N–H and O–H groups in total. The van der Waals surface area contributed by atoms with E-state index < -0.39 is 21.1 Å².